The molecule has 0 aliphatic carbocycles. The van der Waals surface area contributed by atoms with Crippen molar-refractivity contribution in [2.45, 2.75) is 13.0 Å². The summed E-state index contributed by atoms with van der Waals surface area (Å²) >= 11 is 12.6. The molecule has 0 bridgehead atoms. The van der Waals surface area contributed by atoms with E-state index in [1.54, 1.807) is 14.2 Å². The van der Waals surface area contributed by atoms with Crippen LogP contribution in [0.4, 0.5) is 5.95 Å². The van der Waals surface area contributed by atoms with Crippen LogP contribution in [0.3, 0.4) is 0 Å². The number of ether oxygens (including phenoxy) is 2. The van der Waals surface area contributed by atoms with Crippen LogP contribution in [-0.2, 0) is 13.0 Å². The number of hydrogen-bond acceptors (Lipinski definition) is 7. The minimum Gasteiger partial charge on any atom is -0.493 e. The summed E-state index contributed by atoms with van der Waals surface area (Å²) in [5, 5.41) is 4.08. The molecule has 1 amide bonds. The van der Waals surface area contributed by atoms with Gasteiger partial charge in [-0.05, 0) is 36.2 Å². The van der Waals surface area contributed by atoms with Gasteiger partial charge >= 0.3 is 0 Å². The number of hydrogen-bond donors (Lipinski definition) is 2. The van der Waals surface area contributed by atoms with Crippen LogP contribution in [0.1, 0.15) is 21.5 Å². The Kier molecular flexibility index (Phi) is 8.91. The zero-order valence-electron chi connectivity index (χ0n) is 20.7. The molecular weight excluding hydrogens is 517 g/mol. The lowest BCUT2D eigenvalue weighted by molar-refractivity contribution is 0.0952. The number of nitrogens with zero attached hydrogens (tertiary/aromatic N) is 3. The maximum atomic E-state index is 12.6. The van der Waals surface area contributed by atoms with Gasteiger partial charge in [-0.1, -0.05) is 35.3 Å². The van der Waals surface area contributed by atoms with Gasteiger partial charge in [0.15, 0.2) is 11.5 Å². The van der Waals surface area contributed by atoms with Crippen LogP contribution in [-0.4, -0.2) is 67.7 Å². The average Bonchev–Trinajstić information content (AvgIpc) is 2.91. The summed E-state index contributed by atoms with van der Waals surface area (Å²) < 4.78 is 10.5. The number of carbonyl (C=O) groups is 1. The maximum Gasteiger partial charge on any atom is 0.265 e. The van der Waals surface area contributed by atoms with Gasteiger partial charge in [0.1, 0.15) is 5.56 Å². The number of amides is 1. The van der Waals surface area contributed by atoms with Gasteiger partial charge in [0.2, 0.25) is 5.95 Å². The van der Waals surface area contributed by atoms with E-state index in [1.807, 2.05) is 41.3 Å². The van der Waals surface area contributed by atoms with Crippen molar-refractivity contribution >= 4 is 35.1 Å². The molecule has 196 valence electrons. The number of carbonyl (C=O) groups excluding carboxylic acids is 1. The fraction of sp³-hybridized carbons (Fsp3) is 0.346. The number of rotatable bonds is 9. The second-order valence-corrected chi connectivity index (χ2v) is 9.42. The Hall–Kier alpha value is -3.27. The Morgan fingerprint density at radius 2 is 1.76 bits per heavy atom. The molecule has 1 fully saturated rings. The first-order valence-electron chi connectivity index (χ1n) is 11.9. The third-order valence-electron chi connectivity index (χ3n) is 6.29. The van der Waals surface area contributed by atoms with Crippen LogP contribution in [0.2, 0.25) is 10.0 Å². The van der Waals surface area contributed by atoms with Crippen molar-refractivity contribution in [2.75, 3.05) is 51.8 Å². The molecule has 0 saturated carbocycles. The molecule has 1 saturated heterocycles. The molecule has 9 nitrogen and oxygen atoms in total. The van der Waals surface area contributed by atoms with Crippen molar-refractivity contribution < 1.29 is 14.3 Å². The zero-order valence-corrected chi connectivity index (χ0v) is 22.2. The van der Waals surface area contributed by atoms with E-state index >= 15 is 0 Å². The molecule has 2 aromatic carbocycles. The fourth-order valence-electron chi connectivity index (χ4n) is 4.18. The fourth-order valence-corrected chi connectivity index (χ4v) is 4.70. The molecule has 11 heteroatoms. The Morgan fingerprint density at radius 3 is 2.41 bits per heavy atom. The maximum absolute atomic E-state index is 12.6. The monoisotopic (exact) mass is 545 g/mol. The number of benzene rings is 2. The van der Waals surface area contributed by atoms with Crippen LogP contribution < -0.4 is 25.2 Å². The topological polar surface area (TPSA) is 99.8 Å². The summed E-state index contributed by atoms with van der Waals surface area (Å²) in [6, 6.07) is 11.1. The number of aromatic amines is 1. The second kappa shape index (κ2) is 12.3. The number of piperazine rings is 1. The highest BCUT2D eigenvalue weighted by molar-refractivity contribution is 6.35. The highest BCUT2D eigenvalue weighted by Gasteiger charge is 2.21. The molecule has 0 spiro atoms. The van der Waals surface area contributed by atoms with E-state index in [0.717, 1.165) is 24.2 Å². The normalized spacial score (nSPS) is 13.9. The Bertz CT molecular complexity index is 1290. The van der Waals surface area contributed by atoms with Gasteiger partial charge in [-0.2, -0.15) is 0 Å². The van der Waals surface area contributed by atoms with Crippen molar-refractivity contribution in [3.63, 3.8) is 0 Å². The van der Waals surface area contributed by atoms with Gasteiger partial charge in [-0.3, -0.25) is 19.5 Å². The molecule has 37 heavy (non-hydrogen) atoms. The van der Waals surface area contributed by atoms with E-state index in [9.17, 15) is 9.59 Å². The van der Waals surface area contributed by atoms with E-state index in [1.165, 1.54) is 6.20 Å². The van der Waals surface area contributed by atoms with E-state index in [-0.39, 0.29) is 5.56 Å². The first kappa shape index (κ1) is 26.8. The number of methoxy groups -OCH3 is 2. The SMILES string of the molecule is COc1ccc(CCNC(=O)c2cnc(N3CCN(Cc4c(Cl)cccc4Cl)CC3)[nH]c2=O)cc1OC. The van der Waals surface area contributed by atoms with E-state index in [4.69, 9.17) is 32.7 Å². The predicted octanol–water partition coefficient (Wildman–Crippen LogP) is 3.39. The Morgan fingerprint density at radius 1 is 1.05 bits per heavy atom. The molecule has 2 N–H and O–H groups in total. The van der Waals surface area contributed by atoms with Crippen molar-refractivity contribution in [3.8, 4) is 11.5 Å². The average molecular weight is 546 g/mol. The van der Waals surface area contributed by atoms with Gasteiger partial charge in [0, 0.05) is 61.1 Å². The van der Waals surface area contributed by atoms with Crippen LogP contribution in [0.25, 0.3) is 0 Å². The van der Waals surface area contributed by atoms with E-state index < -0.39 is 11.5 Å². The third kappa shape index (κ3) is 6.54. The molecular formula is C26H29Cl2N5O4. The highest BCUT2D eigenvalue weighted by atomic mass is 35.5. The first-order valence-corrected chi connectivity index (χ1v) is 12.6. The number of anilines is 1. The molecule has 0 unspecified atom stereocenters. The van der Waals surface area contributed by atoms with Crippen molar-refractivity contribution in [3.05, 3.63) is 79.7 Å². The lowest BCUT2D eigenvalue weighted by Gasteiger charge is -2.35. The van der Waals surface area contributed by atoms with Crippen LogP contribution in [0.15, 0.2) is 47.4 Å². The van der Waals surface area contributed by atoms with Crippen molar-refractivity contribution in [2.24, 2.45) is 0 Å². The summed E-state index contributed by atoms with van der Waals surface area (Å²) in [5.74, 6) is 1.24. The smallest absolute Gasteiger partial charge is 0.265 e. The number of aromatic nitrogens is 2. The summed E-state index contributed by atoms with van der Waals surface area (Å²) in [5.41, 5.74) is 1.38. The number of H-pyrrole nitrogens is 1. The summed E-state index contributed by atoms with van der Waals surface area (Å²) in [6.07, 6.45) is 1.90. The molecule has 1 aliphatic rings. The second-order valence-electron chi connectivity index (χ2n) is 8.61. The standard InChI is InChI=1S/C26H29Cl2N5O4/c1-36-22-7-6-17(14-23(22)37-2)8-9-29-24(34)18-15-30-26(31-25(18)35)33-12-10-32(11-13-33)16-19-20(27)4-3-5-21(19)28/h3-7,14-15H,8-13,16H2,1-2H3,(H,29,34)(H,30,31,35). The zero-order chi connectivity index (χ0) is 26.4. The molecule has 0 atom stereocenters. The summed E-state index contributed by atoms with van der Waals surface area (Å²) in [6.45, 7) is 3.85. The molecule has 0 radical (unpaired) electrons. The largest absolute Gasteiger partial charge is 0.493 e. The predicted molar refractivity (Wildman–Crippen MR) is 144 cm³/mol. The lowest BCUT2D eigenvalue weighted by atomic mass is 10.1. The van der Waals surface area contributed by atoms with Gasteiger partial charge in [0.05, 0.1) is 14.2 Å². The van der Waals surface area contributed by atoms with Gasteiger partial charge in [-0.25, -0.2) is 4.98 Å². The quantitative estimate of drug-likeness (QED) is 0.425. The lowest BCUT2D eigenvalue weighted by Crippen LogP contribution is -2.47. The number of nitrogens with one attached hydrogen (secondary N) is 2. The Labute approximate surface area is 225 Å². The molecule has 3 aromatic rings. The van der Waals surface area contributed by atoms with Crippen LogP contribution in [0, 0.1) is 0 Å². The molecule has 1 aromatic heterocycles. The van der Waals surface area contributed by atoms with Gasteiger partial charge < -0.3 is 19.7 Å². The van der Waals surface area contributed by atoms with Crippen molar-refractivity contribution in [1.29, 1.82) is 0 Å². The molecule has 4 rings (SSSR count). The minimum atomic E-state index is -0.473. The highest BCUT2D eigenvalue weighted by Crippen LogP contribution is 2.28. The number of halogens is 2. The van der Waals surface area contributed by atoms with E-state index in [0.29, 0.717) is 60.1 Å². The van der Waals surface area contributed by atoms with E-state index in [2.05, 4.69) is 20.2 Å². The minimum absolute atomic E-state index is 0.0249. The van der Waals surface area contributed by atoms with Crippen molar-refractivity contribution in [1.82, 2.24) is 20.2 Å². The van der Waals surface area contributed by atoms with Crippen LogP contribution in [0.5, 0.6) is 11.5 Å². The first-order chi connectivity index (χ1) is 17.9. The summed E-state index contributed by atoms with van der Waals surface area (Å²) in [4.78, 5) is 36.6. The molecule has 2 heterocycles. The summed E-state index contributed by atoms with van der Waals surface area (Å²) in [7, 11) is 3.15. The Balaban J connectivity index is 1.30. The van der Waals surface area contributed by atoms with Gasteiger partial charge in [-0.15, -0.1) is 0 Å². The van der Waals surface area contributed by atoms with Gasteiger partial charge in [0.25, 0.3) is 11.5 Å². The third-order valence-corrected chi connectivity index (χ3v) is 7.00. The van der Waals surface area contributed by atoms with Crippen LogP contribution >= 0.6 is 23.2 Å². The molecule has 1 aliphatic heterocycles.